The second-order valence-electron chi connectivity index (χ2n) is 8.22. The van der Waals surface area contributed by atoms with E-state index < -0.39 is 5.60 Å². The number of aryl methyl sites for hydroxylation is 2. The zero-order chi connectivity index (χ0) is 19.9. The summed E-state index contributed by atoms with van der Waals surface area (Å²) in [4.78, 5) is 19.3. The van der Waals surface area contributed by atoms with Crippen molar-refractivity contribution in [1.29, 1.82) is 0 Å². The van der Waals surface area contributed by atoms with Crippen LogP contribution in [0.3, 0.4) is 0 Å². The third-order valence-corrected chi connectivity index (χ3v) is 4.62. The molecule has 1 amide bonds. The summed E-state index contributed by atoms with van der Waals surface area (Å²) in [6, 6.07) is 4.32. The molecule has 2 heterocycles. The topological polar surface area (TPSA) is 63.7 Å². The largest absolute Gasteiger partial charge is 0.443 e. The maximum absolute atomic E-state index is 12.7. The molecule has 0 saturated carbocycles. The molecule has 0 saturated heterocycles. The van der Waals surface area contributed by atoms with Gasteiger partial charge in [0.2, 0.25) is 0 Å². The standard InChI is InChI=1S/C21H35N3O3/c1-16-9-10-17-11-12-18(8-6-7-13-22-14-15-26-5)23-19(17)24(16)20(25)27-21(2,3)4/h11-12,16,22H,6-10,13-15H2,1-5H3. The number of carbonyl (C=O) groups excluding carboxylic acids is 1. The van der Waals surface area contributed by atoms with Crippen LogP contribution in [-0.2, 0) is 22.3 Å². The first-order chi connectivity index (χ1) is 12.8. The number of anilines is 1. The molecule has 2 rings (SSSR count). The Morgan fingerprint density at radius 2 is 2.07 bits per heavy atom. The summed E-state index contributed by atoms with van der Waals surface area (Å²) in [5.74, 6) is 0.777. The Balaban J connectivity index is 1.99. The number of hydrogen-bond donors (Lipinski definition) is 1. The van der Waals surface area contributed by atoms with Gasteiger partial charge in [0.25, 0.3) is 0 Å². The van der Waals surface area contributed by atoms with Crippen LogP contribution in [0, 0.1) is 0 Å². The summed E-state index contributed by atoms with van der Waals surface area (Å²) in [6.45, 7) is 10.4. The number of amides is 1. The molecule has 0 fully saturated rings. The summed E-state index contributed by atoms with van der Waals surface area (Å²) >= 11 is 0. The van der Waals surface area contributed by atoms with E-state index in [0.717, 1.165) is 68.9 Å². The molecule has 1 aliphatic heterocycles. The smallest absolute Gasteiger partial charge is 0.416 e. The number of methoxy groups -OCH3 is 1. The van der Waals surface area contributed by atoms with Gasteiger partial charge >= 0.3 is 6.09 Å². The van der Waals surface area contributed by atoms with E-state index in [2.05, 4.69) is 24.4 Å². The van der Waals surface area contributed by atoms with Crippen molar-refractivity contribution >= 4 is 11.9 Å². The van der Waals surface area contributed by atoms with E-state index in [1.165, 1.54) is 0 Å². The number of fused-ring (bicyclic) bond motifs is 1. The number of unbranched alkanes of at least 4 members (excludes halogenated alkanes) is 1. The van der Waals surface area contributed by atoms with Crippen molar-refractivity contribution in [3.8, 4) is 0 Å². The molecule has 1 unspecified atom stereocenters. The zero-order valence-corrected chi connectivity index (χ0v) is 17.5. The second kappa shape index (κ2) is 10.0. The van der Waals surface area contributed by atoms with Crippen LogP contribution >= 0.6 is 0 Å². The molecule has 6 nitrogen and oxygen atoms in total. The lowest BCUT2D eigenvalue weighted by Crippen LogP contribution is -2.45. The molecule has 6 heteroatoms. The summed E-state index contributed by atoms with van der Waals surface area (Å²) in [5.41, 5.74) is 1.65. The van der Waals surface area contributed by atoms with Crippen molar-refractivity contribution in [2.75, 3.05) is 31.7 Å². The molecule has 1 aromatic heterocycles. The Bertz CT molecular complexity index is 613. The van der Waals surface area contributed by atoms with Gasteiger partial charge in [-0.25, -0.2) is 9.78 Å². The van der Waals surface area contributed by atoms with Gasteiger partial charge in [0.05, 0.1) is 6.61 Å². The fourth-order valence-corrected chi connectivity index (χ4v) is 3.19. The van der Waals surface area contributed by atoms with Gasteiger partial charge in [-0.3, -0.25) is 4.90 Å². The average molecular weight is 378 g/mol. The van der Waals surface area contributed by atoms with E-state index in [4.69, 9.17) is 14.5 Å². The van der Waals surface area contributed by atoms with E-state index in [-0.39, 0.29) is 12.1 Å². The molecule has 1 aromatic rings. The molecule has 1 N–H and O–H groups in total. The van der Waals surface area contributed by atoms with Crippen LogP contribution in [0.1, 0.15) is 58.2 Å². The van der Waals surface area contributed by atoms with Crippen LogP contribution in [-0.4, -0.2) is 49.5 Å². The highest BCUT2D eigenvalue weighted by Crippen LogP contribution is 2.31. The van der Waals surface area contributed by atoms with Crippen molar-refractivity contribution in [2.24, 2.45) is 0 Å². The van der Waals surface area contributed by atoms with Crippen molar-refractivity contribution in [3.63, 3.8) is 0 Å². The first-order valence-corrected chi connectivity index (χ1v) is 10.0. The third kappa shape index (κ3) is 6.78. The minimum absolute atomic E-state index is 0.0973. The van der Waals surface area contributed by atoms with E-state index in [1.807, 2.05) is 20.8 Å². The van der Waals surface area contributed by atoms with Gasteiger partial charge in [0, 0.05) is 25.4 Å². The molecule has 0 aliphatic carbocycles. The minimum Gasteiger partial charge on any atom is -0.443 e. The van der Waals surface area contributed by atoms with Gasteiger partial charge in [0.1, 0.15) is 11.4 Å². The lowest BCUT2D eigenvalue weighted by atomic mass is 9.99. The van der Waals surface area contributed by atoms with E-state index in [9.17, 15) is 4.79 Å². The molecule has 0 radical (unpaired) electrons. The van der Waals surface area contributed by atoms with Gasteiger partial charge in [-0.05, 0) is 78.0 Å². The SMILES string of the molecule is COCCNCCCCc1ccc2c(n1)N(C(=O)OC(C)(C)C)C(C)CC2. The Labute approximate surface area is 163 Å². The van der Waals surface area contributed by atoms with Crippen molar-refractivity contribution < 1.29 is 14.3 Å². The molecule has 0 spiro atoms. The summed E-state index contributed by atoms with van der Waals surface area (Å²) < 4.78 is 10.6. The molecule has 0 bridgehead atoms. The Morgan fingerprint density at radius 3 is 2.78 bits per heavy atom. The van der Waals surface area contributed by atoms with Crippen LogP contribution in [0.25, 0.3) is 0 Å². The van der Waals surface area contributed by atoms with Crippen LogP contribution < -0.4 is 10.2 Å². The molecule has 1 atom stereocenters. The molecule has 1 aliphatic rings. The quantitative estimate of drug-likeness (QED) is 0.700. The number of carbonyl (C=O) groups is 1. The first-order valence-electron chi connectivity index (χ1n) is 10.0. The first kappa shape index (κ1) is 21.6. The van der Waals surface area contributed by atoms with Crippen LogP contribution in [0.2, 0.25) is 0 Å². The van der Waals surface area contributed by atoms with Crippen LogP contribution in [0.5, 0.6) is 0 Å². The lowest BCUT2D eigenvalue weighted by Gasteiger charge is -2.35. The summed E-state index contributed by atoms with van der Waals surface area (Å²) in [5, 5.41) is 3.36. The van der Waals surface area contributed by atoms with Gasteiger partial charge in [-0.15, -0.1) is 0 Å². The Morgan fingerprint density at radius 1 is 1.30 bits per heavy atom. The van der Waals surface area contributed by atoms with Gasteiger partial charge in [-0.2, -0.15) is 0 Å². The van der Waals surface area contributed by atoms with Gasteiger partial charge < -0.3 is 14.8 Å². The number of pyridine rings is 1. The van der Waals surface area contributed by atoms with Crippen molar-refractivity contribution in [3.05, 3.63) is 23.4 Å². The van der Waals surface area contributed by atoms with Gasteiger partial charge in [0.15, 0.2) is 0 Å². The number of ether oxygens (including phenoxy) is 2. The molecule has 27 heavy (non-hydrogen) atoms. The number of rotatable bonds is 8. The fraction of sp³-hybridized carbons (Fsp3) is 0.714. The van der Waals surface area contributed by atoms with Crippen LogP contribution in [0.4, 0.5) is 10.6 Å². The highest BCUT2D eigenvalue weighted by molar-refractivity contribution is 5.88. The lowest BCUT2D eigenvalue weighted by molar-refractivity contribution is 0.0562. The Kier molecular flexibility index (Phi) is 8.05. The van der Waals surface area contributed by atoms with E-state index >= 15 is 0 Å². The molecular weight excluding hydrogens is 342 g/mol. The van der Waals surface area contributed by atoms with E-state index in [1.54, 1.807) is 12.0 Å². The van der Waals surface area contributed by atoms with E-state index in [0.29, 0.717) is 0 Å². The zero-order valence-electron chi connectivity index (χ0n) is 17.5. The molecule has 152 valence electrons. The fourth-order valence-electron chi connectivity index (χ4n) is 3.19. The normalized spacial score (nSPS) is 16.9. The second-order valence-corrected chi connectivity index (χ2v) is 8.22. The highest BCUT2D eigenvalue weighted by Gasteiger charge is 2.33. The van der Waals surface area contributed by atoms with Crippen molar-refractivity contribution in [2.45, 2.75) is 71.4 Å². The molecular formula is C21H35N3O3. The van der Waals surface area contributed by atoms with Crippen LogP contribution in [0.15, 0.2) is 12.1 Å². The maximum atomic E-state index is 12.7. The maximum Gasteiger partial charge on any atom is 0.416 e. The number of nitrogens with zero attached hydrogens (tertiary/aromatic N) is 2. The monoisotopic (exact) mass is 377 g/mol. The predicted octanol–water partition coefficient (Wildman–Crippen LogP) is 3.72. The minimum atomic E-state index is -0.512. The third-order valence-electron chi connectivity index (χ3n) is 4.62. The van der Waals surface area contributed by atoms with Crippen molar-refractivity contribution in [1.82, 2.24) is 10.3 Å². The summed E-state index contributed by atoms with van der Waals surface area (Å²) in [6.07, 6.45) is 4.65. The predicted molar refractivity (Wildman–Crippen MR) is 108 cm³/mol. The average Bonchev–Trinajstić information content (AvgIpc) is 2.59. The summed E-state index contributed by atoms with van der Waals surface area (Å²) in [7, 11) is 1.71. The van der Waals surface area contributed by atoms with Gasteiger partial charge in [-0.1, -0.05) is 6.07 Å². The number of hydrogen-bond acceptors (Lipinski definition) is 5. The Hall–Kier alpha value is -1.66. The molecule has 0 aromatic carbocycles. The number of aromatic nitrogens is 1. The number of nitrogens with one attached hydrogen (secondary N) is 1. The highest BCUT2D eigenvalue weighted by atomic mass is 16.6.